The lowest BCUT2D eigenvalue weighted by Crippen LogP contribution is -2.03. The van der Waals surface area contributed by atoms with Gasteiger partial charge in [0.15, 0.2) is 0 Å². The van der Waals surface area contributed by atoms with Gasteiger partial charge in [0.25, 0.3) is 0 Å². The highest BCUT2D eigenvalue weighted by Gasteiger charge is 2.22. The third kappa shape index (κ3) is 2.31. The van der Waals surface area contributed by atoms with Gasteiger partial charge in [0.1, 0.15) is 0 Å². The average molecular weight is 176 g/mol. The van der Waals surface area contributed by atoms with E-state index in [0.717, 1.165) is 12.3 Å². The van der Waals surface area contributed by atoms with Gasteiger partial charge in [0, 0.05) is 0 Å². The van der Waals surface area contributed by atoms with Gasteiger partial charge >= 0.3 is 0 Å². The third-order valence-corrected chi connectivity index (χ3v) is 2.56. The van der Waals surface area contributed by atoms with Gasteiger partial charge in [-0.15, -0.1) is 0 Å². The number of hydrogen-bond donors (Lipinski definition) is 1. The molecule has 0 heterocycles. The minimum Gasteiger partial charge on any atom is -0.393 e. The highest BCUT2D eigenvalue weighted by Crippen LogP contribution is 2.39. The molecule has 0 radical (unpaired) electrons. The number of hydrogen-bond acceptors (Lipinski definition) is 1. The van der Waals surface area contributed by atoms with E-state index >= 15 is 0 Å². The summed E-state index contributed by atoms with van der Waals surface area (Å²) < 4.78 is 0. The van der Waals surface area contributed by atoms with Crippen molar-refractivity contribution in [3.63, 3.8) is 0 Å². The van der Waals surface area contributed by atoms with Crippen LogP contribution in [-0.2, 0) is 6.42 Å². The molecule has 0 spiro atoms. The van der Waals surface area contributed by atoms with Gasteiger partial charge in [0.05, 0.1) is 6.10 Å². The lowest BCUT2D eigenvalue weighted by molar-refractivity contribution is 0.195. The van der Waals surface area contributed by atoms with Crippen LogP contribution in [0.4, 0.5) is 0 Å². The van der Waals surface area contributed by atoms with Gasteiger partial charge in [-0.05, 0) is 43.2 Å². The van der Waals surface area contributed by atoms with Gasteiger partial charge in [-0.25, -0.2) is 0 Å². The average Bonchev–Trinajstić information content (AvgIpc) is 2.87. The predicted octanol–water partition coefficient (Wildman–Crippen LogP) is 2.49. The van der Waals surface area contributed by atoms with Crippen LogP contribution >= 0.6 is 0 Å². The smallest absolute Gasteiger partial charge is 0.0552 e. The summed E-state index contributed by atoms with van der Waals surface area (Å²) in [6, 6.07) is 8.69. The summed E-state index contributed by atoms with van der Waals surface area (Å²) >= 11 is 0. The van der Waals surface area contributed by atoms with E-state index < -0.39 is 0 Å². The van der Waals surface area contributed by atoms with Crippen LogP contribution in [0.2, 0.25) is 0 Å². The summed E-state index contributed by atoms with van der Waals surface area (Å²) in [5.74, 6) is 0.834. The second-order valence-corrected chi connectivity index (χ2v) is 4.07. The van der Waals surface area contributed by atoms with E-state index in [2.05, 4.69) is 24.3 Å². The Morgan fingerprint density at radius 2 is 1.92 bits per heavy atom. The van der Waals surface area contributed by atoms with E-state index in [1.54, 1.807) is 0 Å². The second-order valence-electron chi connectivity index (χ2n) is 4.07. The van der Waals surface area contributed by atoms with Gasteiger partial charge in [-0.3, -0.25) is 0 Å². The highest BCUT2D eigenvalue weighted by molar-refractivity contribution is 5.28. The molecular formula is C12H16O. The molecule has 1 saturated carbocycles. The van der Waals surface area contributed by atoms with E-state index in [1.807, 2.05) is 6.92 Å². The summed E-state index contributed by atoms with van der Waals surface area (Å²) in [4.78, 5) is 0. The number of benzene rings is 1. The summed E-state index contributed by atoms with van der Waals surface area (Å²) in [5.41, 5.74) is 2.70. The Kier molecular flexibility index (Phi) is 2.36. The van der Waals surface area contributed by atoms with Crippen LogP contribution in [0.5, 0.6) is 0 Å². The molecule has 2 rings (SSSR count). The molecule has 0 aliphatic heterocycles. The molecule has 1 N–H and O–H groups in total. The van der Waals surface area contributed by atoms with Gasteiger partial charge < -0.3 is 5.11 Å². The first kappa shape index (κ1) is 8.76. The maximum atomic E-state index is 9.20. The fraction of sp³-hybridized carbons (Fsp3) is 0.500. The van der Waals surface area contributed by atoms with Crippen molar-refractivity contribution in [1.82, 2.24) is 0 Å². The molecule has 1 heteroatoms. The van der Waals surface area contributed by atoms with Crippen molar-refractivity contribution in [3.05, 3.63) is 35.4 Å². The molecule has 0 aromatic heterocycles. The fourth-order valence-electron chi connectivity index (χ4n) is 1.68. The first-order chi connectivity index (χ1) is 6.25. The Bertz CT molecular complexity index is 270. The molecule has 0 amide bonds. The van der Waals surface area contributed by atoms with E-state index in [-0.39, 0.29) is 6.10 Å². The van der Waals surface area contributed by atoms with Crippen molar-refractivity contribution in [2.24, 2.45) is 0 Å². The van der Waals surface area contributed by atoms with Gasteiger partial charge in [0.2, 0.25) is 0 Å². The van der Waals surface area contributed by atoms with Crippen molar-refractivity contribution >= 4 is 0 Å². The Balaban J connectivity index is 2.04. The van der Waals surface area contributed by atoms with Crippen LogP contribution < -0.4 is 0 Å². The zero-order valence-electron chi connectivity index (χ0n) is 8.03. The topological polar surface area (TPSA) is 20.2 Å². The molecule has 1 aliphatic rings. The molecule has 1 atom stereocenters. The number of aliphatic hydroxyl groups excluding tert-OH is 1. The Labute approximate surface area is 79.4 Å². The molecule has 1 nitrogen and oxygen atoms in total. The standard InChI is InChI=1S/C12H16O/c1-9(13)8-10-2-4-11(5-3-10)12-6-7-12/h2-5,9,12-13H,6-8H2,1H3/t9-/m0/s1. The first-order valence-corrected chi connectivity index (χ1v) is 5.02. The zero-order chi connectivity index (χ0) is 9.26. The molecule has 1 aromatic rings. The number of rotatable bonds is 3. The summed E-state index contributed by atoms with van der Waals surface area (Å²) in [6.07, 6.45) is 3.25. The highest BCUT2D eigenvalue weighted by atomic mass is 16.3. The van der Waals surface area contributed by atoms with Crippen molar-refractivity contribution < 1.29 is 5.11 Å². The maximum Gasteiger partial charge on any atom is 0.0552 e. The van der Waals surface area contributed by atoms with Gasteiger partial charge in [-0.1, -0.05) is 24.3 Å². The Morgan fingerprint density at radius 1 is 1.31 bits per heavy atom. The zero-order valence-corrected chi connectivity index (χ0v) is 8.03. The van der Waals surface area contributed by atoms with E-state index in [9.17, 15) is 5.11 Å². The molecular weight excluding hydrogens is 160 g/mol. The SMILES string of the molecule is C[C@H](O)Cc1ccc(C2CC2)cc1. The second kappa shape index (κ2) is 3.51. The van der Waals surface area contributed by atoms with Crippen molar-refractivity contribution in [2.45, 2.75) is 38.2 Å². The monoisotopic (exact) mass is 176 g/mol. The normalized spacial score (nSPS) is 18.6. The van der Waals surface area contributed by atoms with Gasteiger partial charge in [-0.2, -0.15) is 0 Å². The summed E-state index contributed by atoms with van der Waals surface area (Å²) in [5, 5.41) is 9.20. The molecule has 0 bridgehead atoms. The van der Waals surface area contributed by atoms with Crippen LogP contribution in [0.3, 0.4) is 0 Å². The Hall–Kier alpha value is -0.820. The van der Waals surface area contributed by atoms with Crippen molar-refractivity contribution in [2.75, 3.05) is 0 Å². The minimum absolute atomic E-state index is 0.230. The molecule has 1 aliphatic carbocycles. The quantitative estimate of drug-likeness (QED) is 0.750. The van der Waals surface area contributed by atoms with E-state index in [1.165, 1.54) is 24.0 Å². The minimum atomic E-state index is -0.230. The van der Waals surface area contributed by atoms with Crippen molar-refractivity contribution in [3.8, 4) is 0 Å². The van der Waals surface area contributed by atoms with Crippen LogP contribution in [0.15, 0.2) is 24.3 Å². The largest absolute Gasteiger partial charge is 0.393 e. The first-order valence-electron chi connectivity index (χ1n) is 5.02. The molecule has 1 aromatic carbocycles. The van der Waals surface area contributed by atoms with E-state index in [0.29, 0.717) is 0 Å². The predicted molar refractivity (Wildman–Crippen MR) is 53.8 cm³/mol. The summed E-state index contributed by atoms with van der Waals surface area (Å²) in [7, 11) is 0. The molecule has 0 saturated heterocycles. The maximum absolute atomic E-state index is 9.20. The molecule has 1 fully saturated rings. The lowest BCUT2D eigenvalue weighted by atomic mass is 10.0. The Morgan fingerprint density at radius 3 is 2.38 bits per heavy atom. The lowest BCUT2D eigenvalue weighted by Gasteiger charge is -2.05. The molecule has 70 valence electrons. The molecule has 0 unspecified atom stereocenters. The van der Waals surface area contributed by atoms with Crippen LogP contribution in [0.1, 0.15) is 36.8 Å². The van der Waals surface area contributed by atoms with Crippen LogP contribution in [0, 0.1) is 0 Å². The number of aliphatic hydroxyl groups is 1. The van der Waals surface area contributed by atoms with E-state index in [4.69, 9.17) is 0 Å². The summed E-state index contributed by atoms with van der Waals surface area (Å²) in [6.45, 7) is 1.83. The van der Waals surface area contributed by atoms with Crippen LogP contribution in [-0.4, -0.2) is 11.2 Å². The van der Waals surface area contributed by atoms with Crippen molar-refractivity contribution in [1.29, 1.82) is 0 Å². The molecule has 13 heavy (non-hydrogen) atoms. The fourth-order valence-corrected chi connectivity index (χ4v) is 1.68. The van der Waals surface area contributed by atoms with Crippen LogP contribution in [0.25, 0.3) is 0 Å². The third-order valence-electron chi connectivity index (χ3n) is 2.56.